The molecule has 2 aliphatic heterocycles. The number of anilines is 2. The largest absolute Gasteiger partial charge is 0.328 e. The summed E-state index contributed by atoms with van der Waals surface area (Å²) in [5.74, 6) is -0.176. The normalized spacial score (nSPS) is 15.8. The van der Waals surface area contributed by atoms with Crippen molar-refractivity contribution in [1.29, 1.82) is 0 Å². The molecule has 1 amide bonds. The van der Waals surface area contributed by atoms with Crippen molar-refractivity contribution < 1.29 is 4.79 Å². The van der Waals surface area contributed by atoms with Gasteiger partial charge in [-0.2, -0.15) is 10.1 Å². The Morgan fingerprint density at radius 1 is 1.04 bits per heavy atom. The maximum Gasteiger partial charge on any atom is 0.289 e. The van der Waals surface area contributed by atoms with Gasteiger partial charge in [0.25, 0.3) is 5.91 Å². The summed E-state index contributed by atoms with van der Waals surface area (Å²) in [6.45, 7) is 4.76. The Balaban J connectivity index is 1.74. The van der Waals surface area contributed by atoms with Gasteiger partial charge in [-0.25, -0.2) is 0 Å². The molecule has 0 fully saturated rings. The Labute approximate surface area is 156 Å². The van der Waals surface area contributed by atoms with Crippen LogP contribution in [0.5, 0.6) is 0 Å². The average molecular weight is 359 g/mol. The summed E-state index contributed by atoms with van der Waals surface area (Å²) < 4.78 is 0. The summed E-state index contributed by atoms with van der Waals surface area (Å²) in [6, 6.07) is 17.7. The minimum atomic E-state index is -0.176. The molecule has 4 rings (SSSR count). The van der Waals surface area contributed by atoms with Gasteiger partial charge in [0.05, 0.1) is 17.1 Å². The number of nitrogens with zero attached hydrogens (tertiary/aromatic N) is 3. The van der Waals surface area contributed by atoms with Crippen LogP contribution in [0.4, 0.5) is 11.4 Å². The third-order valence-electron chi connectivity index (χ3n) is 4.24. The number of hydrazone groups is 1. The van der Waals surface area contributed by atoms with Gasteiger partial charge < -0.3 is 4.90 Å². The lowest BCUT2D eigenvalue weighted by atomic mass is 10.2. The molecule has 128 valence electrons. The van der Waals surface area contributed by atoms with E-state index < -0.39 is 0 Å². The molecule has 2 aliphatic rings. The number of fused-ring (bicyclic) bond motifs is 1. The zero-order valence-corrected chi connectivity index (χ0v) is 15.4. The zero-order valence-electron chi connectivity index (χ0n) is 14.6. The second-order valence-electron chi connectivity index (χ2n) is 5.88. The first-order chi connectivity index (χ1) is 12.7. The number of amides is 1. The molecule has 0 atom stereocenters. The Morgan fingerprint density at radius 3 is 2.54 bits per heavy atom. The van der Waals surface area contributed by atoms with Gasteiger partial charge in [0.1, 0.15) is 10.6 Å². The van der Waals surface area contributed by atoms with Crippen LogP contribution in [0.25, 0.3) is 0 Å². The van der Waals surface area contributed by atoms with Crippen LogP contribution in [0.2, 0.25) is 0 Å². The van der Waals surface area contributed by atoms with Crippen molar-refractivity contribution in [3.63, 3.8) is 0 Å². The highest BCUT2D eigenvalue weighted by Crippen LogP contribution is 2.44. The summed E-state index contributed by atoms with van der Waals surface area (Å²) >= 11 is 1.64. The Bertz CT molecular complexity index is 1010. The van der Waals surface area contributed by atoms with Crippen LogP contribution in [-0.2, 0) is 4.79 Å². The van der Waals surface area contributed by atoms with Crippen LogP contribution in [0.3, 0.4) is 0 Å². The number of benzene rings is 2. The fourth-order valence-electron chi connectivity index (χ4n) is 2.95. The molecular weight excluding hydrogens is 342 g/mol. The van der Waals surface area contributed by atoms with E-state index in [0.717, 1.165) is 17.3 Å². The van der Waals surface area contributed by atoms with E-state index in [1.165, 1.54) is 15.6 Å². The number of para-hydroxylation sites is 2. The molecule has 0 unspecified atom stereocenters. The van der Waals surface area contributed by atoms with Crippen LogP contribution in [0, 0.1) is 0 Å². The summed E-state index contributed by atoms with van der Waals surface area (Å²) in [7, 11) is 0. The van der Waals surface area contributed by atoms with Crippen molar-refractivity contribution in [3.05, 3.63) is 76.7 Å². The highest BCUT2D eigenvalue weighted by atomic mass is 32.2. The maximum atomic E-state index is 12.7. The monoisotopic (exact) mass is 359 g/mol. The van der Waals surface area contributed by atoms with E-state index in [4.69, 9.17) is 0 Å². The van der Waals surface area contributed by atoms with E-state index in [2.05, 4.69) is 40.5 Å². The maximum absolute atomic E-state index is 12.7. The van der Waals surface area contributed by atoms with Gasteiger partial charge in [0, 0.05) is 11.4 Å². The Morgan fingerprint density at radius 2 is 1.77 bits per heavy atom. The quantitative estimate of drug-likeness (QED) is 0.582. The molecule has 0 radical (unpaired) electrons. The van der Waals surface area contributed by atoms with Gasteiger partial charge in [0.15, 0.2) is 0 Å². The zero-order chi connectivity index (χ0) is 18.1. The van der Waals surface area contributed by atoms with Crippen molar-refractivity contribution in [2.45, 2.75) is 18.7 Å². The first kappa shape index (κ1) is 16.5. The van der Waals surface area contributed by atoms with Gasteiger partial charge in [-0.1, -0.05) is 47.8 Å². The van der Waals surface area contributed by atoms with E-state index in [9.17, 15) is 4.79 Å². The van der Waals surface area contributed by atoms with Crippen molar-refractivity contribution in [1.82, 2.24) is 0 Å². The number of thioether (sulfide) groups is 1. The molecule has 0 saturated heterocycles. The second-order valence-corrected chi connectivity index (χ2v) is 6.91. The predicted molar refractivity (Wildman–Crippen MR) is 106 cm³/mol. The molecule has 0 bridgehead atoms. The third kappa shape index (κ3) is 2.79. The minimum Gasteiger partial charge on any atom is -0.328 e. The lowest BCUT2D eigenvalue weighted by molar-refractivity contribution is -0.114. The van der Waals surface area contributed by atoms with Crippen LogP contribution in [-0.4, -0.2) is 18.2 Å². The van der Waals surface area contributed by atoms with Crippen molar-refractivity contribution in [2.75, 3.05) is 16.5 Å². The van der Waals surface area contributed by atoms with Gasteiger partial charge in [0.2, 0.25) is 0 Å². The first-order valence-electron chi connectivity index (χ1n) is 8.44. The van der Waals surface area contributed by atoms with Crippen LogP contribution >= 0.6 is 11.8 Å². The lowest BCUT2D eigenvalue weighted by Crippen LogP contribution is -2.20. The fraction of sp³-hybridized carbons (Fsp3) is 0.143. The van der Waals surface area contributed by atoms with Gasteiger partial charge in [-0.15, -0.1) is 0 Å². The topological polar surface area (TPSA) is 35.9 Å². The van der Waals surface area contributed by atoms with E-state index in [1.807, 2.05) is 49.4 Å². The Hall–Kier alpha value is -2.97. The van der Waals surface area contributed by atoms with Gasteiger partial charge in [-0.3, -0.25) is 4.79 Å². The van der Waals surface area contributed by atoms with E-state index in [-0.39, 0.29) is 5.91 Å². The van der Waals surface area contributed by atoms with Crippen molar-refractivity contribution in [2.24, 2.45) is 5.10 Å². The number of hydrogen-bond acceptors (Lipinski definition) is 4. The summed E-state index contributed by atoms with van der Waals surface area (Å²) in [5, 5.41) is 6.74. The van der Waals surface area contributed by atoms with Crippen LogP contribution in [0.1, 0.15) is 13.8 Å². The van der Waals surface area contributed by atoms with Gasteiger partial charge >= 0.3 is 0 Å². The number of hydrogen-bond donors (Lipinski definition) is 0. The molecule has 5 heteroatoms. The summed E-state index contributed by atoms with van der Waals surface area (Å²) in [4.78, 5) is 16.1. The molecule has 0 aliphatic carbocycles. The SMILES string of the molecule is CCN1C(=C=C=C2C(=O)N(c3ccccc3)N=C2C)Sc2ccccc21. The van der Waals surface area contributed by atoms with Crippen LogP contribution < -0.4 is 9.91 Å². The van der Waals surface area contributed by atoms with E-state index in [1.54, 1.807) is 11.8 Å². The molecule has 2 aromatic carbocycles. The molecule has 2 heterocycles. The summed E-state index contributed by atoms with van der Waals surface area (Å²) in [5.41, 5.74) is 9.28. The highest BCUT2D eigenvalue weighted by Gasteiger charge is 2.29. The molecule has 26 heavy (non-hydrogen) atoms. The van der Waals surface area contributed by atoms with E-state index >= 15 is 0 Å². The molecular formula is C21H17N3OS. The summed E-state index contributed by atoms with van der Waals surface area (Å²) in [6.07, 6.45) is 0. The smallest absolute Gasteiger partial charge is 0.289 e. The van der Waals surface area contributed by atoms with Crippen molar-refractivity contribution in [3.8, 4) is 0 Å². The van der Waals surface area contributed by atoms with Crippen molar-refractivity contribution >= 4 is 34.8 Å². The molecule has 0 spiro atoms. The molecule has 0 N–H and O–H groups in total. The average Bonchev–Trinajstić information content (AvgIpc) is 3.17. The highest BCUT2D eigenvalue weighted by molar-refractivity contribution is 8.03. The predicted octanol–water partition coefficient (Wildman–Crippen LogP) is 4.56. The molecule has 4 nitrogen and oxygen atoms in total. The lowest BCUT2D eigenvalue weighted by Gasteiger charge is -2.15. The molecule has 0 saturated carbocycles. The van der Waals surface area contributed by atoms with Crippen LogP contribution in [0.15, 0.2) is 86.7 Å². The molecule has 0 aromatic heterocycles. The number of carbonyl (C=O) groups is 1. The second kappa shape index (κ2) is 6.74. The van der Waals surface area contributed by atoms with E-state index in [0.29, 0.717) is 11.3 Å². The number of carbonyl (C=O) groups excluding carboxylic acids is 1. The fourth-order valence-corrected chi connectivity index (χ4v) is 4.03. The molecule has 2 aromatic rings. The first-order valence-corrected chi connectivity index (χ1v) is 9.26. The minimum absolute atomic E-state index is 0.176. The van der Waals surface area contributed by atoms with Gasteiger partial charge in [-0.05, 0) is 43.8 Å². The number of rotatable bonds is 2. The standard InChI is InChI=1S/C21H17N3OS/c1-3-23-18-11-7-8-12-19(18)26-20(23)14-13-17-15(2)22-24(21(17)25)16-9-5-4-6-10-16/h4-12H,3H2,1-2H3. The third-order valence-corrected chi connectivity index (χ3v) is 5.32. The Kier molecular flexibility index (Phi) is 4.27.